The maximum atomic E-state index is 14.3. The van der Waals surface area contributed by atoms with Gasteiger partial charge in [0.1, 0.15) is 30.0 Å². The molecule has 2 saturated carbocycles. The van der Waals surface area contributed by atoms with Gasteiger partial charge in [0.25, 0.3) is 0 Å². The summed E-state index contributed by atoms with van der Waals surface area (Å²) in [7, 11) is 0. The fourth-order valence-corrected chi connectivity index (χ4v) is 10.3. The molecule has 6 rings (SSSR count). The number of carbonyl (C=O) groups is 5. The summed E-state index contributed by atoms with van der Waals surface area (Å²) in [5, 5.41) is 53.1. The second-order valence-electron chi connectivity index (χ2n) is 19.0. The van der Waals surface area contributed by atoms with E-state index in [4.69, 9.17) is 23.7 Å². The number of nitrogens with one attached hydrogen (secondary N) is 1. The van der Waals surface area contributed by atoms with Gasteiger partial charge in [-0.2, -0.15) is 0 Å². The SMILES string of the molecule is CC(=O)O[C@@H]1C2=C(C)[C@@H](OC(=O)[C@H](O)[C@@H](NC(=O)CC(C)(C)C)c3ccccc3)C[C@@](O)([C@@H](OC(=O)c3ccccc3)[C@@H]3[C@]4(OC(C)=O)CO[C@@H]4C[C@H](O)[C@@]3(C)[C@H]1O)C2(C)C. The first-order valence-electron chi connectivity index (χ1n) is 20.7. The van der Waals surface area contributed by atoms with Crippen LogP contribution in [0.5, 0.6) is 0 Å². The van der Waals surface area contributed by atoms with E-state index in [0.717, 1.165) is 6.92 Å². The van der Waals surface area contributed by atoms with Crippen LogP contribution in [-0.4, -0.2) is 111 Å². The molecular weight excluding hydrogens is 790 g/mol. The number of amides is 1. The van der Waals surface area contributed by atoms with Crippen LogP contribution in [0, 0.1) is 22.2 Å². The van der Waals surface area contributed by atoms with Crippen LogP contribution in [0.25, 0.3) is 0 Å². The Hall–Kier alpha value is -4.67. The lowest BCUT2D eigenvalue weighted by atomic mass is 9.44. The fourth-order valence-electron chi connectivity index (χ4n) is 10.3. The normalized spacial score (nSPS) is 33.8. The van der Waals surface area contributed by atoms with Crippen LogP contribution >= 0.6 is 0 Å². The molecule has 3 fully saturated rings. The third-order valence-electron chi connectivity index (χ3n) is 13.4. The Bertz CT molecular complexity index is 2050. The van der Waals surface area contributed by atoms with E-state index in [1.807, 2.05) is 20.8 Å². The van der Waals surface area contributed by atoms with Crippen molar-refractivity contribution in [3.8, 4) is 0 Å². The zero-order valence-corrected chi connectivity index (χ0v) is 36.2. The minimum absolute atomic E-state index is 0.0759. The molecule has 2 aromatic rings. The van der Waals surface area contributed by atoms with Gasteiger partial charge in [-0.25, -0.2) is 9.59 Å². The summed E-state index contributed by atoms with van der Waals surface area (Å²) in [4.78, 5) is 67.8. The number of carbonyl (C=O) groups excluding carboxylic acids is 5. The van der Waals surface area contributed by atoms with Crippen molar-refractivity contribution in [1.29, 1.82) is 0 Å². The smallest absolute Gasteiger partial charge is 0.338 e. The highest BCUT2D eigenvalue weighted by atomic mass is 16.6. The minimum Gasteiger partial charge on any atom is -0.456 e. The van der Waals surface area contributed by atoms with Crippen molar-refractivity contribution in [2.75, 3.05) is 6.61 Å². The zero-order chi connectivity index (χ0) is 45.0. The third-order valence-corrected chi connectivity index (χ3v) is 13.4. The minimum atomic E-state index is -2.34. The molecule has 12 atom stereocenters. The van der Waals surface area contributed by atoms with Gasteiger partial charge in [-0.05, 0) is 41.2 Å². The number of fused-ring (bicyclic) bond motifs is 5. The van der Waals surface area contributed by atoms with Crippen LogP contribution in [0.15, 0.2) is 71.8 Å². The van der Waals surface area contributed by atoms with Crippen LogP contribution in [0.1, 0.15) is 104 Å². The molecular formula is C46H59NO14. The Balaban J connectivity index is 1.53. The zero-order valence-electron chi connectivity index (χ0n) is 36.2. The van der Waals surface area contributed by atoms with Crippen LogP contribution in [0.2, 0.25) is 0 Å². The van der Waals surface area contributed by atoms with E-state index in [-0.39, 0.29) is 36.2 Å². The summed E-state index contributed by atoms with van der Waals surface area (Å²) < 4.78 is 30.5. The van der Waals surface area contributed by atoms with Gasteiger partial charge in [0.2, 0.25) is 5.91 Å². The van der Waals surface area contributed by atoms with Gasteiger partial charge in [0.05, 0.1) is 30.2 Å². The number of rotatable bonds is 10. The molecule has 0 spiro atoms. The number of benzene rings is 2. The van der Waals surface area contributed by atoms with E-state index < -0.39 is 118 Å². The number of aliphatic hydroxyl groups excluding tert-OH is 3. The Labute approximate surface area is 355 Å². The average Bonchev–Trinajstić information content (AvgIpc) is 3.17. The van der Waals surface area contributed by atoms with Crippen molar-refractivity contribution in [3.05, 3.63) is 82.9 Å². The van der Waals surface area contributed by atoms with Gasteiger partial charge >= 0.3 is 23.9 Å². The van der Waals surface area contributed by atoms with Gasteiger partial charge < -0.3 is 49.4 Å². The predicted molar refractivity (Wildman–Crippen MR) is 217 cm³/mol. The monoisotopic (exact) mass is 849 g/mol. The summed E-state index contributed by atoms with van der Waals surface area (Å²) in [6, 6.07) is 15.1. The van der Waals surface area contributed by atoms with Crippen LogP contribution < -0.4 is 5.32 Å². The van der Waals surface area contributed by atoms with Crippen molar-refractivity contribution in [1.82, 2.24) is 5.32 Å². The van der Waals surface area contributed by atoms with E-state index in [0.29, 0.717) is 5.56 Å². The second kappa shape index (κ2) is 16.6. The number of hydrogen-bond acceptors (Lipinski definition) is 14. The van der Waals surface area contributed by atoms with Crippen LogP contribution in [-0.2, 0) is 42.9 Å². The topological polar surface area (TPSA) is 224 Å². The lowest BCUT2D eigenvalue weighted by molar-refractivity contribution is -0.365. The lowest BCUT2D eigenvalue weighted by Crippen LogP contribution is -2.82. The molecule has 0 aromatic heterocycles. The summed E-state index contributed by atoms with van der Waals surface area (Å²) >= 11 is 0. The summed E-state index contributed by atoms with van der Waals surface area (Å²) in [6.07, 6.45) is -11.6. The van der Waals surface area contributed by atoms with Gasteiger partial charge in [-0.15, -0.1) is 0 Å². The number of ether oxygens (including phenoxy) is 5. The first-order valence-corrected chi connectivity index (χ1v) is 20.7. The molecule has 2 aromatic carbocycles. The third kappa shape index (κ3) is 8.11. The maximum absolute atomic E-state index is 14.3. The van der Waals surface area contributed by atoms with E-state index in [1.54, 1.807) is 69.3 Å². The highest BCUT2D eigenvalue weighted by Gasteiger charge is 2.78. The van der Waals surface area contributed by atoms with Crippen molar-refractivity contribution < 1.29 is 68.1 Å². The van der Waals surface area contributed by atoms with E-state index in [9.17, 15) is 44.4 Å². The van der Waals surface area contributed by atoms with Crippen molar-refractivity contribution in [2.24, 2.45) is 22.2 Å². The van der Waals surface area contributed by atoms with Crippen molar-refractivity contribution >= 4 is 29.8 Å². The molecule has 5 N–H and O–H groups in total. The first-order chi connectivity index (χ1) is 28.4. The number of esters is 4. The lowest BCUT2D eigenvalue weighted by Gasteiger charge is -2.69. The Morgan fingerprint density at radius 1 is 0.902 bits per heavy atom. The van der Waals surface area contributed by atoms with Gasteiger partial charge in [-0.1, -0.05) is 90.1 Å². The van der Waals surface area contributed by atoms with Crippen molar-refractivity contribution in [2.45, 2.75) is 142 Å². The second-order valence-corrected chi connectivity index (χ2v) is 19.0. The fraction of sp³-hybridized carbons (Fsp3) is 0.587. The van der Waals surface area contributed by atoms with E-state index in [1.165, 1.54) is 26.0 Å². The van der Waals surface area contributed by atoms with E-state index >= 15 is 0 Å². The summed E-state index contributed by atoms with van der Waals surface area (Å²) in [6.45, 7) is 13.9. The summed E-state index contributed by atoms with van der Waals surface area (Å²) in [5.41, 5.74) is -7.05. The quantitative estimate of drug-likeness (QED) is 0.131. The Morgan fingerprint density at radius 2 is 1.51 bits per heavy atom. The summed E-state index contributed by atoms with van der Waals surface area (Å²) in [5.74, 6) is -5.53. The average molecular weight is 850 g/mol. The number of hydrogen-bond donors (Lipinski definition) is 5. The standard InChI is InChI=1S/C46H59NO14/c1-24-29(59-41(55)35(52)34(27-16-12-10-13-17-27)47-32(51)22-42(4,5)6)21-46(56)39(60-40(54)28-18-14-11-15-19-28)37-44(9,30(50)20-31-45(37,23-57-31)61-26(3)49)38(53)36(58-25(2)48)33(24)43(46,7)8/h10-19,29-31,34-39,50,52-53,56H,20-23H2,1-9H3,(H,47,51)/t29-,30-,31+,34-,35+,36+,37-,38-,39-,44+,45-,46+/m0/s1. The molecule has 1 aliphatic heterocycles. The van der Waals surface area contributed by atoms with Crippen LogP contribution in [0.4, 0.5) is 0 Å². The number of aliphatic hydroxyl groups is 4. The molecule has 15 nitrogen and oxygen atoms in total. The molecule has 15 heteroatoms. The molecule has 0 unspecified atom stereocenters. The Morgan fingerprint density at radius 3 is 2.05 bits per heavy atom. The molecule has 1 amide bonds. The molecule has 4 aliphatic rings. The first kappa shape index (κ1) is 45.8. The van der Waals surface area contributed by atoms with Crippen LogP contribution in [0.3, 0.4) is 0 Å². The van der Waals surface area contributed by atoms with Gasteiger partial charge in [0.15, 0.2) is 17.8 Å². The van der Waals surface area contributed by atoms with E-state index in [2.05, 4.69) is 5.32 Å². The molecule has 1 saturated heterocycles. The largest absolute Gasteiger partial charge is 0.456 e. The molecule has 3 aliphatic carbocycles. The predicted octanol–water partition coefficient (Wildman–Crippen LogP) is 3.65. The molecule has 2 bridgehead atoms. The maximum Gasteiger partial charge on any atom is 0.338 e. The van der Waals surface area contributed by atoms with Crippen molar-refractivity contribution in [3.63, 3.8) is 0 Å². The molecule has 332 valence electrons. The molecule has 1 heterocycles. The highest BCUT2D eigenvalue weighted by molar-refractivity contribution is 5.89. The van der Waals surface area contributed by atoms with Gasteiger partial charge in [-0.3, -0.25) is 14.4 Å². The molecule has 61 heavy (non-hydrogen) atoms. The van der Waals surface area contributed by atoms with Gasteiger partial charge in [0, 0.05) is 43.9 Å². The Kier molecular flexibility index (Phi) is 12.4. The highest BCUT2D eigenvalue weighted by Crippen LogP contribution is 2.65. The molecule has 0 radical (unpaired) electrons.